The van der Waals surface area contributed by atoms with Gasteiger partial charge in [-0.05, 0) is 62.2 Å². The van der Waals surface area contributed by atoms with Crippen LogP contribution in [-0.4, -0.2) is 48.8 Å². The number of methoxy groups -OCH3 is 2. The average Bonchev–Trinajstić information content (AvgIpc) is 3.02. The minimum atomic E-state index is -0.778. The first-order chi connectivity index (χ1) is 21.5. The number of carbonyl (C=O) groups excluding carboxylic acids is 2. The summed E-state index contributed by atoms with van der Waals surface area (Å²) in [6, 6.07) is 11.3. The molecular formula is C32H33Cl3FN3O6. The third-order valence-corrected chi connectivity index (χ3v) is 7.49. The Bertz CT molecular complexity index is 1660. The standard InChI is InChI=1S/C18H22ClNO3.C14H11Cl2FN2O3/c1-3-4-5-7-13(2)23-17(21)12-22-16-10-9-15(19)14-8-6-11-20-18(14)16;1-21-13-7(15)4-3-6(11(13)17)9-5-8(18)10(16)12(19-9)14(20)22-2/h6,8-11,13H,3-5,7,12H2,1-2H3;3-5H,1-2H3,(H2,18,19). The summed E-state index contributed by atoms with van der Waals surface area (Å²) < 4.78 is 34.8. The van der Waals surface area contributed by atoms with Gasteiger partial charge in [0.15, 0.2) is 23.9 Å². The van der Waals surface area contributed by atoms with Crippen LogP contribution in [0.5, 0.6) is 11.5 Å². The average molecular weight is 681 g/mol. The van der Waals surface area contributed by atoms with Crippen LogP contribution in [0, 0.1) is 5.82 Å². The summed E-state index contributed by atoms with van der Waals surface area (Å²) in [7, 11) is 2.46. The van der Waals surface area contributed by atoms with Gasteiger partial charge in [-0.1, -0.05) is 54.6 Å². The molecule has 0 radical (unpaired) electrons. The summed E-state index contributed by atoms with van der Waals surface area (Å²) in [6.45, 7) is 3.92. The van der Waals surface area contributed by atoms with Gasteiger partial charge in [0.2, 0.25) is 0 Å². The van der Waals surface area contributed by atoms with Crippen molar-refractivity contribution in [1.29, 1.82) is 0 Å². The van der Waals surface area contributed by atoms with Gasteiger partial charge in [0.1, 0.15) is 11.3 Å². The van der Waals surface area contributed by atoms with E-state index in [0.717, 1.165) is 31.1 Å². The summed E-state index contributed by atoms with van der Waals surface area (Å²) in [5, 5.41) is 1.45. The number of benzene rings is 2. The monoisotopic (exact) mass is 679 g/mol. The van der Waals surface area contributed by atoms with Crippen LogP contribution >= 0.6 is 34.8 Å². The molecule has 2 N–H and O–H groups in total. The molecule has 240 valence electrons. The largest absolute Gasteiger partial charge is 0.492 e. The second-order valence-corrected chi connectivity index (χ2v) is 10.9. The molecule has 2 heterocycles. The zero-order valence-electron chi connectivity index (χ0n) is 25.2. The van der Waals surface area contributed by atoms with Crippen LogP contribution in [0.2, 0.25) is 15.1 Å². The maximum atomic E-state index is 14.4. The number of nitrogen functional groups attached to an aromatic ring is 1. The van der Waals surface area contributed by atoms with Crippen LogP contribution in [0.3, 0.4) is 0 Å². The smallest absolute Gasteiger partial charge is 0.358 e. The molecule has 45 heavy (non-hydrogen) atoms. The molecule has 1 unspecified atom stereocenters. The number of fused-ring (bicyclic) bond motifs is 1. The number of esters is 2. The number of carbonyl (C=O) groups is 2. The second-order valence-electron chi connectivity index (χ2n) is 9.72. The molecule has 13 heteroatoms. The molecule has 2 aromatic carbocycles. The lowest BCUT2D eigenvalue weighted by molar-refractivity contribution is -0.150. The van der Waals surface area contributed by atoms with E-state index in [1.54, 1.807) is 18.3 Å². The van der Waals surface area contributed by atoms with E-state index in [4.69, 9.17) is 54.7 Å². The minimum absolute atomic E-state index is 0.0584. The quantitative estimate of drug-likeness (QED) is 0.123. The highest BCUT2D eigenvalue weighted by atomic mass is 35.5. The molecule has 0 saturated heterocycles. The van der Waals surface area contributed by atoms with Crippen molar-refractivity contribution in [2.45, 2.75) is 45.6 Å². The number of nitrogens with zero attached hydrogens (tertiary/aromatic N) is 2. The first kappa shape index (κ1) is 35.6. The van der Waals surface area contributed by atoms with Crippen molar-refractivity contribution in [3.8, 4) is 22.8 Å². The Morgan fingerprint density at radius 1 is 1.04 bits per heavy atom. The summed E-state index contributed by atoms with van der Waals surface area (Å²) in [6.07, 6.45) is 5.83. The number of pyridine rings is 2. The molecule has 4 aromatic rings. The van der Waals surface area contributed by atoms with E-state index in [1.807, 2.05) is 19.1 Å². The maximum absolute atomic E-state index is 14.4. The lowest BCUT2D eigenvalue weighted by Gasteiger charge is -2.14. The van der Waals surface area contributed by atoms with Crippen LogP contribution in [0.4, 0.5) is 10.1 Å². The van der Waals surface area contributed by atoms with Gasteiger partial charge in [-0.15, -0.1) is 0 Å². The first-order valence-corrected chi connectivity index (χ1v) is 15.1. The van der Waals surface area contributed by atoms with Crippen molar-refractivity contribution in [1.82, 2.24) is 9.97 Å². The van der Waals surface area contributed by atoms with Crippen molar-refractivity contribution in [2.24, 2.45) is 0 Å². The number of rotatable bonds is 11. The van der Waals surface area contributed by atoms with Crippen molar-refractivity contribution in [2.75, 3.05) is 26.6 Å². The number of hydrogen-bond donors (Lipinski definition) is 1. The normalized spacial score (nSPS) is 11.3. The van der Waals surface area contributed by atoms with E-state index in [2.05, 4.69) is 21.6 Å². The highest BCUT2D eigenvalue weighted by molar-refractivity contribution is 6.36. The van der Waals surface area contributed by atoms with Gasteiger partial charge in [0.25, 0.3) is 0 Å². The van der Waals surface area contributed by atoms with E-state index in [9.17, 15) is 14.0 Å². The van der Waals surface area contributed by atoms with E-state index < -0.39 is 11.8 Å². The third-order valence-electron chi connectivity index (χ3n) is 6.47. The molecule has 0 aliphatic heterocycles. The molecule has 0 spiro atoms. The Kier molecular flexibility index (Phi) is 13.5. The topological polar surface area (TPSA) is 123 Å². The number of ether oxygens (including phenoxy) is 4. The van der Waals surface area contributed by atoms with E-state index in [0.29, 0.717) is 16.3 Å². The van der Waals surface area contributed by atoms with Gasteiger partial charge in [-0.25, -0.2) is 19.0 Å². The fourth-order valence-electron chi connectivity index (χ4n) is 4.20. The summed E-state index contributed by atoms with van der Waals surface area (Å²) in [5.74, 6) is -1.47. The van der Waals surface area contributed by atoms with Gasteiger partial charge in [-0.2, -0.15) is 0 Å². The molecule has 0 saturated carbocycles. The molecule has 1 atom stereocenters. The van der Waals surface area contributed by atoms with Gasteiger partial charge in [-0.3, -0.25) is 4.98 Å². The summed E-state index contributed by atoms with van der Waals surface area (Å²) >= 11 is 17.9. The van der Waals surface area contributed by atoms with Gasteiger partial charge < -0.3 is 24.7 Å². The molecular weight excluding hydrogens is 648 g/mol. The van der Waals surface area contributed by atoms with Crippen molar-refractivity contribution in [3.63, 3.8) is 0 Å². The minimum Gasteiger partial charge on any atom is -0.492 e. The van der Waals surface area contributed by atoms with Crippen LogP contribution in [0.1, 0.15) is 50.0 Å². The highest BCUT2D eigenvalue weighted by Gasteiger charge is 2.21. The Labute approximate surface area is 275 Å². The molecule has 4 rings (SSSR count). The van der Waals surface area contributed by atoms with E-state index in [1.165, 1.54) is 32.4 Å². The molecule has 0 aliphatic rings. The zero-order chi connectivity index (χ0) is 33.1. The number of halogens is 4. The molecule has 9 nitrogen and oxygen atoms in total. The molecule has 0 fully saturated rings. The Hall–Kier alpha value is -3.86. The second kappa shape index (κ2) is 17.0. The van der Waals surface area contributed by atoms with Crippen LogP contribution < -0.4 is 15.2 Å². The molecule has 0 aliphatic carbocycles. The Morgan fingerprint density at radius 3 is 2.47 bits per heavy atom. The maximum Gasteiger partial charge on any atom is 0.358 e. The van der Waals surface area contributed by atoms with Gasteiger partial charge in [0.05, 0.1) is 46.8 Å². The summed E-state index contributed by atoms with van der Waals surface area (Å²) in [5.41, 5.74) is 6.42. The molecule has 0 amide bonds. The Balaban J connectivity index is 0.000000246. The number of aromatic nitrogens is 2. The lowest BCUT2D eigenvalue weighted by Crippen LogP contribution is -2.20. The third kappa shape index (κ3) is 9.32. The molecule has 2 aromatic heterocycles. The van der Waals surface area contributed by atoms with Crippen LogP contribution in [0.25, 0.3) is 22.2 Å². The van der Waals surface area contributed by atoms with Crippen molar-refractivity contribution >= 4 is 63.3 Å². The number of unbranched alkanes of at least 4 members (excludes halogenated alkanes) is 2. The number of hydrogen-bond acceptors (Lipinski definition) is 9. The SMILES string of the molecule is CCCCCC(C)OC(=O)COc1ccc(Cl)c2cccnc12.COC(=O)c1nc(-c2ccc(Cl)c(OC)c2F)cc(N)c1Cl. The van der Waals surface area contributed by atoms with Gasteiger partial charge >= 0.3 is 11.9 Å². The predicted molar refractivity (Wildman–Crippen MR) is 174 cm³/mol. The highest BCUT2D eigenvalue weighted by Crippen LogP contribution is 2.36. The van der Waals surface area contributed by atoms with Crippen LogP contribution in [0.15, 0.2) is 48.7 Å². The fourth-order valence-corrected chi connectivity index (χ4v) is 4.81. The van der Waals surface area contributed by atoms with E-state index in [-0.39, 0.29) is 57.1 Å². The van der Waals surface area contributed by atoms with E-state index >= 15 is 0 Å². The van der Waals surface area contributed by atoms with Crippen molar-refractivity contribution < 1.29 is 32.9 Å². The summed E-state index contributed by atoms with van der Waals surface area (Å²) in [4.78, 5) is 31.8. The lowest BCUT2D eigenvalue weighted by atomic mass is 10.1. The van der Waals surface area contributed by atoms with Gasteiger partial charge in [0, 0.05) is 17.1 Å². The Morgan fingerprint density at radius 2 is 1.78 bits per heavy atom. The van der Waals surface area contributed by atoms with Crippen molar-refractivity contribution in [3.05, 3.63) is 75.2 Å². The number of nitrogens with two attached hydrogens (primary N) is 1. The molecule has 0 bridgehead atoms. The fraction of sp³-hybridized carbons (Fsp3) is 0.312. The predicted octanol–water partition coefficient (Wildman–Crippen LogP) is 8.35. The zero-order valence-corrected chi connectivity index (χ0v) is 27.4. The first-order valence-electron chi connectivity index (χ1n) is 13.9. The van der Waals surface area contributed by atoms with Crippen LogP contribution in [-0.2, 0) is 14.3 Å². The number of anilines is 1.